The van der Waals surface area contributed by atoms with E-state index in [2.05, 4.69) is 35.6 Å². The second-order valence-corrected chi connectivity index (χ2v) is 7.71. The number of methoxy groups -OCH3 is 1. The number of hydrogen-bond acceptors (Lipinski definition) is 3. The van der Waals surface area contributed by atoms with Crippen molar-refractivity contribution in [2.45, 2.75) is 56.5 Å². The molecule has 2 aliphatic rings. The summed E-state index contributed by atoms with van der Waals surface area (Å²) in [6.07, 6.45) is 5.61. The zero-order valence-corrected chi connectivity index (χ0v) is 16.4. The maximum atomic E-state index is 12.6. The van der Waals surface area contributed by atoms with Crippen LogP contribution in [0.4, 0.5) is 9.59 Å². The molecule has 0 unspecified atom stereocenters. The lowest BCUT2D eigenvalue weighted by molar-refractivity contribution is 0.109. The smallest absolute Gasteiger partial charge is 0.409 e. The van der Waals surface area contributed by atoms with E-state index in [0.717, 1.165) is 38.5 Å². The Morgan fingerprint density at radius 2 is 1.67 bits per heavy atom. The number of benzene rings is 1. The van der Waals surface area contributed by atoms with Gasteiger partial charge in [-0.25, -0.2) is 9.59 Å². The number of ether oxygens (including phenoxy) is 1. The Hall–Kier alpha value is -2.24. The van der Waals surface area contributed by atoms with Crippen LogP contribution in [-0.4, -0.2) is 61.3 Å². The van der Waals surface area contributed by atoms with Gasteiger partial charge in [0.05, 0.1) is 7.11 Å². The van der Waals surface area contributed by atoms with Crippen molar-refractivity contribution in [1.29, 1.82) is 0 Å². The quantitative estimate of drug-likeness (QED) is 0.881. The predicted molar refractivity (Wildman–Crippen MR) is 105 cm³/mol. The molecule has 1 N–H and O–H groups in total. The van der Waals surface area contributed by atoms with Gasteiger partial charge in [0, 0.05) is 32.2 Å². The van der Waals surface area contributed by atoms with Crippen molar-refractivity contribution in [2.24, 2.45) is 0 Å². The number of piperidine rings is 1. The van der Waals surface area contributed by atoms with Gasteiger partial charge >= 0.3 is 12.1 Å². The molecule has 1 saturated heterocycles. The summed E-state index contributed by atoms with van der Waals surface area (Å²) in [7, 11) is 3.31. The summed E-state index contributed by atoms with van der Waals surface area (Å²) in [4.78, 5) is 27.8. The third-order valence-corrected chi connectivity index (χ3v) is 6.09. The predicted octanol–water partition coefficient (Wildman–Crippen LogP) is 3.59. The summed E-state index contributed by atoms with van der Waals surface area (Å²) in [6.45, 7) is 1.26. The summed E-state index contributed by atoms with van der Waals surface area (Å²) in [5.74, 6) is 0.613. The average molecular weight is 373 g/mol. The average Bonchev–Trinajstić information content (AvgIpc) is 2.74. The highest BCUT2D eigenvalue weighted by Crippen LogP contribution is 2.34. The fourth-order valence-electron chi connectivity index (χ4n) is 4.30. The first-order valence-electron chi connectivity index (χ1n) is 9.99. The van der Waals surface area contributed by atoms with Crippen LogP contribution in [0.1, 0.15) is 50.0 Å². The van der Waals surface area contributed by atoms with Gasteiger partial charge in [-0.15, -0.1) is 0 Å². The van der Waals surface area contributed by atoms with Crippen molar-refractivity contribution in [3.8, 4) is 0 Å². The number of hydrogen-bond donors (Lipinski definition) is 1. The molecule has 0 radical (unpaired) electrons. The van der Waals surface area contributed by atoms with Crippen molar-refractivity contribution >= 4 is 12.1 Å². The third kappa shape index (κ3) is 4.93. The summed E-state index contributed by atoms with van der Waals surface area (Å²) < 4.78 is 4.76. The molecular formula is C21H31N3O3. The SMILES string of the molecule is COC(=O)N1CCC(NC(=O)N(C)C2CCC(c3ccccc3)CC2)CC1. The fraction of sp³-hybridized carbons (Fsp3) is 0.619. The Kier molecular flexibility index (Phi) is 6.58. The van der Waals surface area contributed by atoms with Crippen LogP contribution in [0.5, 0.6) is 0 Å². The summed E-state index contributed by atoms with van der Waals surface area (Å²) in [6, 6.07) is 11.1. The van der Waals surface area contributed by atoms with E-state index >= 15 is 0 Å². The molecule has 1 aliphatic carbocycles. The molecule has 1 aliphatic heterocycles. The van der Waals surface area contributed by atoms with E-state index in [1.54, 1.807) is 4.90 Å². The highest BCUT2D eigenvalue weighted by molar-refractivity contribution is 5.74. The maximum absolute atomic E-state index is 12.6. The van der Waals surface area contributed by atoms with Crippen LogP contribution in [0.2, 0.25) is 0 Å². The lowest BCUT2D eigenvalue weighted by atomic mass is 9.81. The van der Waals surface area contributed by atoms with Crippen LogP contribution in [0.3, 0.4) is 0 Å². The van der Waals surface area contributed by atoms with E-state index in [0.29, 0.717) is 25.0 Å². The molecule has 6 nitrogen and oxygen atoms in total. The van der Waals surface area contributed by atoms with Gasteiger partial charge in [0.2, 0.25) is 0 Å². The maximum Gasteiger partial charge on any atom is 0.409 e. The first-order valence-corrected chi connectivity index (χ1v) is 9.99. The first kappa shape index (κ1) is 19.5. The molecule has 1 heterocycles. The van der Waals surface area contributed by atoms with Gasteiger partial charge in [-0.2, -0.15) is 0 Å². The molecule has 148 valence electrons. The number of nitrogens with zero attached hydrogens (tertiary/aromatic N) is 2. The molecule has 0 bridgehead atoms. The van der Waals surface area contributed by atoms with Crippen molar-refractivity contribution in [3.05, 3.63) is 35.9 Å². The molecule has 2 fully saturated rings. The van der Waals surface area contributed by atoms with Crippen molar-refractivity contribution in [1.82, 2.24) is 15.1 Å². The zero-order valence-electron chi connectivity index (χ0n) is 16.4. The Morgan fingerprint density at radius 3 is 2.26 bits per heavy atom. The lowest BCUT2D eigenvalue weighted by Gasteiger charge is -2.37. The van der Waals surface area contributed by atoms with Crippen LogP contribution < -0.4 is 5.32 Å². The number of nitrogens with one attached hydrogen (secondary N) is 1. The van der Waals surface area contributed by atoms with Gasteiger partial charge in [0.1, 0.15) is 0 Å². The van der Waals surface area contributed by atoms with Gasteiger partial charge in [0.25, 0.3) is 0 Å². The van der Waals surface area contributed by atoms with Crippen molar-refractivity contribution in [2.75, 3.05) is 27.2 Å². The molecule has 0 aromatic heterocycles. The molecule has 0 atom stereocenters. The highest BCUT2D eigenvalue weighted by atomic mass is 16.5. The van der Waals surface area contributed by atoms with E-state index < -0.39 is 0 Å². The Labute approximate surface area is 161 Å². The number of amides is 3. The third-order valence-electron chi connectivity index (χ3n) is 6.09. The Morgan fingerprint density at radius 1 is 1.04 bits per heavy atom. The van der Waals surface area contributed by atoms with Crippen LogP contribution in [0.25, 0.3) is 0 Å². The normalized spacial score (nSPS) is 23.6. The Balaban J connectivity index is 1.43. The minimum absolute atomic E-state index is 0.00896. The monoisotopic (exact) mass is 373 g/mol. The minimum Gasteiger partial charge on any atom is -0.453 e. The highest BCUT2D eigenvalue weighted by Gasteiger charge is 2.29. The van der Waals surface area contributed by atoms with Gasteiger partial charge in [-0.3, -0.25) is 0 Å². The van der Waals surface area contributed by atoms with Crippen molar-refractivity contribution < 1.29 is 14.3 Å². The number of likely N-dealkylation sites (tertiary alicyclic amines) is 1. The summed E-state index contributed by atoms with van der Waals surface area (Å²) in [5.41, 5.74) is 1.42. The summed E-state index contributed by atoms with van der Waals surface area (Å²) >= 11 is 0. The van der Waals surface area contributed by atoms with Gasteiger partial charge in [-0.05, 0) is 50.0 Å². The number of carbonyl (C=O) groups excluding carboxylic acids is 2. The number of urea groups is 1. The topological polar surface area (TPSA) is 61.9 Å². The molecule has 3 amide bonds. The van der Waals surface area contributed by atoms with Crippen LogP contribution in [0.15, 0.2) is 30.3 Å². The molecule has 3 rings (SSSR count). The van der Waals surface area contributed by atoms with Gasteiger partial charge in [-0.1, -0.05) is 30.3 Å². The second-order valence-electron chi connectivity index (χ2n) is 7.71. The van der Waals surface area contributed by atoms with Gasteiger partial charge < -0.3 is 19.9 Å². The van der Waals surface area contributed by atoms with Crippen molar-refractivity contribution in [3.63, 3.8) is 0 Å². The zero-order chi connectivity index (χ0) is 19.2. The van der Waals surface area contributed by atoms with E-state index in [9.17, 15) is 9.59 Å². The molecule has 27 heavy (non-hydrogen) atoms. The van der Waals surface area contributed by atoms with E-state index in [4.69, 9.17) is 4.74 Å². The molecule has 1 saturated carbocycles. The van der Waals surface area contributed by atoms with E-state index in [-0.39, 0.29) is 18.2 Å². The number of rotatable bonds is 3. The second kappa shape index (κ2) is 9.11. The fourth-order valence-corrected chi connectivity index (χ4v) is 4.30. The van der Waals surface area contributed by atoms with Crippen LogP contribution >= 0.6 is 0 Å². The minimum atomic E-state index is -0.285. The standard InChI is InChI=1S/C21H31N3O3/c1-23(19-10-8-17(9-11-19)16-6-4-3-5-7-16)20(25)22-18-12-14-24(15-13-18)21(26)27-2/h3-7,17-19H,8-15H2,1-2H3,(H,22,25). The largest absolute Gasteiger partial charge is 0.453 e. The lowest BCUT2D eigenvalue weighted by Crippen LogP contribution is -2.51. The Bertz CT molecular complexity index is 621. The van der Waals surface area contributed by atoms with Gasteiger partial charge in [0.15, 0.2) is 0 Å². The summed E-state index contributed by atoms with van der Waals surface area (Å²) in [5, 5.41) is 3.14. The van der Waals surface area contributed by atoms with Crippen LogP contribution in [0, 0.1) is 0 Å². The number of carbonyl (C=O) groups is 2. The molecular weight excluding hydrogens is 342 g/mol. The molecule has 0 spiro atoms. The van der Waals surface area contributed by atoms with E-state index in [1.165, 1.54) is 12.7 Å². The molecule has 6 heteroatoms. The first-order chi connectivity index (χ1) is 13.1. The molecule has 1 aromatic carbocycles. The van der Waals surface area contributed by atoms with E-state index in [1.807, 2.05) is 11.9 Å². The van der Waals surface area contributed by atoms with Crippen LogP contribution in [-0.2, 0) is 4.74 Å². The molecule has 1 aromatic rings.